The number of aliphatic hydroxyl groups is 9. The standard InChI is InChI=1S/C32H54O15/c1-16(7-5-9-17(2)11-12-33)8-6-10-18(3)14-42-32-29(47-31-27(41)25(39)22(36)19(4)44-31)28(24(38)21(13-34)45-32)46-30-26(40)23(37)20(35)15-43-30/h7,10-11,19-41H,5-6,8-9,12-15H2,1-4H3/b16-7+,17-11+,18-10+/t19-,20-,21-,22-,23+,24-,25+,26-,27+,28+,29-,30+,31+,32-/m1/s1. The number of rotatable bonds is 15. The van der Waals surface area contributed by atoms with Gasteiger partial charge in [0.1, 0.15) is 61.0 Å². The van der Waals surface area contributed by atoms with Crippen molar-refractivity contribution in [3.05, 3.63) is 34.9 Å². The van der Waals surface area contributed by atoms with Crippen molar-refractivity contribution in [2.75, 3.05) is 26.4 Å². The Labute approximate surface area is 275 Å². The molecule has 47 heavy (non-hydrogen) atoms. The minimum absolute atomic E-state index is 0.0265. The summed E-state index contributed by atoms with van der Waals surface area (Å²) in [5, 5.41) is 91.8. The zero-order valence-electron chi connectivity index (χ0n) is 27.4. The lowest BCUT2D eigenvalue weighted by molar-refractivity contribution is -0.385. The van der Waals surface area contributed by atoms with Crippen LogP contribution in [0.2, 0.25) is 0 Å². The SMILES string of the molecule is C/C(=C\CO)CC/C=C(\C)CC/C=C(\C)CO[C@@H]1O[C@H](CO)[C@@H](O)[C@H](O[C@@H]2OC[C@@H](O)[C@H](O)[C@H]2O)[C@H]1O[C@@H]1O[C@H](C)[C@@H](O)[C@H](O)[C@@H]1O. The third kappa shape index (κ3) is 11.1. The Balaban J connectivity index is 1.75. The molecule has 3 fully saturated rings. The summed E-state index contributed by atoms with van der Waals surface area (Å²) in [7, 11) is 0. The van der Waals surface area contributed by atoms with Gasteiger partial charge in [0, 0.05) is 0 Å². The molecule has 0 radical (unpaired) electrons. The van der Waals surface area contributed by atoms with Crippen LogP contribution >= 0.6 is 0 Å². The molecule has 0 bridgehead atoms. The average Bonchev–Trinajstić information content (AvgIpc) is 3.03. The van der Waals surface area contributed by atoms with Crippen molar-refractivity contribution < 1.29 is 74.4 Å². The second-order valence-electron chi connectivity index (χ2n) is 12.6. The Morgan fingerprint density at radius 1 is 0.660 bits per heavy atom. The van der Waals surface area contributed by atoms with E-state index in [2.05, 4.69) is 6.08 Å². The van der Waals surface area contributed by atoms with Crippen molar-refractivity contribution >= 4 is 0 Å². The molecule has 9 N–H and O–H groups in total. The van der Waals surface area contributed by atoms with Gasteiger partial charge in [0.25, 0.3) is 0 Å². The van der Waals surface area contributed by atoms with Gasteiger partial charge in [-0.2, -0.15) is 0 Å². The van der Waals surface area contributed by atoms with Crippen LogP contribution in [-0.2, 0) is 28.4 Å². The molecule has 14 atom stereocenters. The molecule has 3 rings (SSSR count). The Hall–Kier alpha value is -1.38. The van der Waals surface area contributed by atoms with E-state index in [0.717, 1.165) is 36.8 Å². The lowest BCUT2D eigenvalue weighted by atomic mass is 9.97. The third-order valence-electron chi connectivity index (χ3n) is 8.62. The van der Waals surface area contributed by atoms with Gasteiger partial charge in [-0.15, -0.1) is 0 Å². The average molecular weight is 679 g/mol. The van der Waals surface area contributed by atoms with Crippen molar-refractivity contribution in [1.29, 1.82) is 0 Å². The van der Waals surface area contributed by atoms with Crippen LogP contribution in [0, 0.1) is 0 Å². The van der Waals surface area contributed by atoms with E-state index in [-0.39, 0.29) is 19.8 Å². The van der Waals surface area contributed by atoms with Crippen LogP contribution in [0.5, 0.6) is 0 Å². The van der Waals surface area contributed by atoms with Crippen LogP contribution in [0.25, 0.3) is 0 Å². The highest BCUT2D eigenvalue weighted by molar-refractivity contribution is 5.06. The molecule has 0 aromatic carbocycles. The summed E-state index contributed by atoms with van der Waals surface area (Å²) < 4.78 is 34.8. The molecule has 0 aromatic rings. The summed E-state index contributed by atoms with van der Waals surface area (Å²) in [4.78, 5) is 0. The van der Waals surface area contributed by atoms with Crippen LogP contribution in [0.4, 0.5) is 0 Å². The van der Waals surface area contributed by atoms with E-state index >= 15 is 0 Å². The van der Waals surface area contributed by atoms with Crippen LogP contribution in [0.15, 0.2) is 34.9 Å². The van der Waals surface area contributed by atoms with E-state index in [1.807, 2.05) is 26.8 Å². The smallest absolute Gasteiger partial charge is 0.187 e. The van der Waals surface area contributed by atoms with Gasteiger partial charge in [-0.05, 0) is 53.4 Å². The first kappa shape index (κ1) is 40.1. The van der Waals surface area contributed by atoms with Crippen LogP contribution < -0.4 is 0 Å². The van der Waals surface area contributed by atoms with Gasteiger partial charge in [0.05, 0.1) is 32.5 Å². The highest BCUT2D eigenvalue weighted by atomic mass is 16.8. The van der Waals surface area contributed by atoms with Gasteiger partial charge in [-0.1, -0.05) is 34.9 Å². The van der Waals surface area contributed by atoms with E-state index in [4.69, 9.17) is 33.5 Å². The lowest BCUT2D eigenvalue weighted by Gasteiger charge is -2.48. The van der Waals surface area contributed by atoms with Gasteiger partial charge in [-0.25, -0.2) is 0 Å². The van der Waals surface area contributed by atoms with Gasteiger partial charge in [0.15, 0.2) is 18.9 Å². The Bertz CT molecular complexity index is 1040. The third-order valence-corrected chi connectivity index (χ3v) is 8.62. The van der Waals surface area contributed by atoms with Crippen molar-refractivity contribution in [3.63, 3.8) is 0 Å². The first-order valence-corrected chi connectivity index (χ1v) is 16.1. The molecule has 0 amide bonds. The second-order valence-corrected chi connectivity index (χ2v) is 12.6. The maximum Gasteiger partial charge on any atom is 0.187 e. The molecular weight excluding hydrogens is 624 g/mol. The zero-order valence-corrected chi connectivity index (χ0v) is 27.4. The fraction of sp³-hybridized carbons (Fsp3) is 0.812. The molecule has 0 aromatic heterocycles. The number of hydrogen-bond acceptors (Lipinski definition) is 15. The number of ether oxygens (including phenoxy) is 6. The van der Waals surface area contributed by atoms with Crippen LogP contribution in [-0.4, -0.2) is 158 Å². The highest BCUT2D eigenvalue weighted by Gasteiger charge is 2.53. The molecular formula is C32H54O15. The maximum absolute atomic E-state index is 11.1. The molecule has 3 heterocycles. The van der Waals surface area contributed by atoms with E-state index in [9.17, 15) is 40.9 Å². The molecule has 0 unspecified atom stereocenters. The second kappa shape index (κ2) is 19.1. The summed E-state index contributed by atoms with van der Waals surface area (Å²) in [6, 6.07) is 0. The molecule has 3 aliphatic heterocycles. The fourth-order valence-corrected chi connectivity index (χ4v) is 5.54. The normalized spacial score (nSPS) is 40.9. The summed E-state index contributed by atoms with van der Waals surface area (Å²) in [5.74, 6) is 0. The minimum atomic E-state index is -1.73. The Morgan fingerprint density at radius 3 is 1.89 bits per heavy atom. The molecule has 0 spiro atoms. The summed E-state index contributed by atoms with van der Waals surface area (Å²) in [5.41, 5.74) is 3.18. The van der Waals surface area contributed by atoms with Crippen molar-refractivity contribution in [1.82, 2.24) is 0 Å². The summed E-state index contributed by atoms with van der Waals surface area (Å²) >= 11 is 0. The molecule has 272 valence electrons. The lowest BCUT2D eigenvalue weighted by Crippen LogP contribution is -2.66. The monoisotopic (exact) mass is 678 g/mol. The van der Waals surface area contributed by atoms with Gasteiger partial charge >= 0.3 is 0 Å². The van der Waals surface area contributed by atoms with Crippen LogP contribution in [0.1, 0.15) is 53.4 Å². The molecule has 3 aliphatic rings. The minimum Gasteiger partial charge on any atom is -0.394 e. The van der Waals surface area contributed by atoms with Crippen molar-refractivity contribution in [3.8, 4) is 0 Å². The van der Waals surface area contributed by atoms with Crippen molar-refractivity contribution in [2.24, 2.45) is 0 Å². The summed E-state index contributed by atoms with van der Waals surface area (Å²) in [6.07, 6.45) is -11.4. The highest BCUT2D eigenvalue weighted by Crippen LogP contribution is 2.33. The summed E-state index contributed by atoms with van der Waals surface area (Å²) in [6.45, 7) is 6.35. The first-order chi connectivity index (χ1) is 22.3. The van der Waals surface area contributed by atoms with Gasteiger partial charge in [-0.3, -0.25) is 0 Å². The van der Waals surface area contributed by atoms with Crippen LogP contribution in [0.3, 0.4) is 0 Å². The van der Waals surface area contributed by atoms with E-state index < -0.39 is 92.6 Å². The quantitative estimate of drug-likeness (QED) is 0.0897. The first-order valence-electron chi connectivity index (χ1n) is 16.1. The predicted octanol–water partition coefficient (Wildman–Crippen LogP) is -1.49. The van der Waals surface area contributed by atoms with Crippen molar-refractivity contribution in [2.45, 2.75) is 139 Å². The Morgan fingerprint density at radius 2 is 1.26 bits per heavy atom. The van der Waals surface area contributed by atoms with E-state index in [0.29, 0.717) is 0 Å². The van der Waals surface area contributed by atoms with E-state index in [1.54, 1.807) is 6.08 Å². The molecule has 3 saturated heterocycles. The number of hydrogen-bond donors (Lipinski definition) is 9. The largest absolute Gasteiger partial charge is 0.394 e. The predicted molar refractivity (Wildman–Crippen MR) is 164 cm³/mol. The molecule has 0 aliphatic carbocycles. The molecule has 0 saturated carbocycles. The molecule has 15 heteroatoms. The van der Waals surface area contributed by atoms with Gasteiger partial charge < -0.3 is 74.4 Å². The zero-order chi connectivity index (χ0) is 34.8. The Kier molecular flexibility index (Phi) is 16.3. The van der Waals surface area contributed by atoms with Gasteiger partial charge in [0.2, 0.25) is 0 Å². The maximum atomic E-state index is 11.1. The number of allylic oxidation sites excluding steroid dienone is 4. The van der Waals surface area contributed by atoms with E-state index in [1.165, 1.54) is 12.5 Å². The number of aliphatic hydroxyl groups excluding tert-OH is 9. The molecule has 15 nitrogen and oxygen atoms in total. The topological polar surface area (TPSA) is 237 Å². The fourth-order valence-electron chi connectivity index (χ4n) is 5.54.